The molecule has 2 amide bonds. The molecule has 6 heteroatoms. The Morgan fingerprint density at radius 3 is 2.39 bits per heavy atom. The van der Waals surface area contributed by atoms with Gasteiger partial charge in [-0.05, 0) is 42.5 Å². The van der Waals surface area contributed by atoms with Gasteiger partial charge >= 0.3 is 6.09 Å². The van der Waals surface area contributed by atoms with Crippen molar-refractivity contribution in [3.8, 4) is 0 Å². The molecule has 0 spiro atoms. The third kappa shape index (κ3) is 7.02. The van der Waals surface area contributed by atoms with Gasteiger partial charge in [-0.3, -0.25) is 9.78 Å². The zero-order valence-electron chi connectivity index (χ0n) is 16.8. The first-order valence-electron chi connectivity index (χ1n) is 9.55. The number of rotatable bonds is 9. The molecule has 0 bridgehead atoms. The summed E-state index contributed by atoms with van der Waals surface area (Å²) in [4.78, 5) is 29.2. The maximum absolute atomic E-state index is 12.9. The van der Waals surface area contributed by atoms with E-state index in [0.717, 1.165) is 17.5 Å². The van der Waals surface area contributed by atoms with E-state index in [4.69, 9.17) is 4.74 Å². The van der Waals surface area contributed by atoms with Gasteiger partial charge in [-0.25, -0.2) is 4.79 Å². The zero-order chi connectivity index (χ0) is 20.4. The van der Waals surface area contributed by atoms with E-state index in [9.17, 15) is 9.59 Å². The molecule has 0 aliphatic rings. The van der Waals surface area contributed by atoms with E-state index in [2.05, 4.69) is 29.5 Å². The lowest BCUT2D eigenvalue weighted by Gasteiger charge is -2.29. The van der Waals surface area contributed by atoms with Crippen molar-refractivity contribution in [2.24, 2.45) is 5.92 Å². The molecule has 28 heavy (non-hydrogen) atoms. The Hall–Kier alpha value is -2.89. The maximum Gasteiger partial charge on any atom is 0.408 e. The Kier molecular flexibility index (Phi) is 7.99. The predicted molar refractivity (Wildman–Crippen MR) is 109 cm³/mol. The fourth-order valence-corrected chi connectivity index (χ4v) is 2.74. The minimum atomic E-state index is -1.12. The molecule has 150 valence electrons. The number of ether oxygens (including phenoxy) is 1. The molecule has 1 heterocycles. The topological polar surface area (TPSA) is 80.3 Å². The van der Waals surface area contributed by atoms with Gasteiger partial charge in [0.1, 0.15) is 12.1 Å². The van der Waals surface area contributed by atoms with Crippen LogP contribution in [0.15, 0.2) is 54.9 Å². The van der Waals surface area contributed by atoms with Crippen LogP contribution in [0, 0.1) is 5.92 Å². The van der Waals surface area contributed by atoms with Crippen molar-refractivity contribution >= 4 is 12.0 Å². The van der Waals surface area contributed by atoms with Gasteiger partial charge in [0.25, 0.3) is 0 Å². The number of benzene rings is 1. The van der Waals surface area contributed by atoms with Gasteiger partial charge in [-0.2, -0.15) is 0 Å². The van der Waals surface area contributed by atoms with Gasteiger partial charge in [-0.1, -0.05) is 44.2 Å². The number of carbonyl (C=O) groups is 2. The summed E-state index contributed by atoms with van der Waals surface area (Å²) in [5.74, 6) is 0.261. The van der Waals surface area contributed by atoms with Gasteiger partial charge < -0.3 is 15.4 Å². The van der Waals surface area contributed by atoms with Crippen LogP contribution in [0.2, 0.25) is 0 Å². The summed E-state index contributed by atoms with van der Waals surface area (Å²) < 4.78 is 5.30. The van der Waals surface area contributed by atoms with Crippen molar-refractivity contribution in [3.05, 3.63) is 66.0 Å². The highest BCUT2D eigenvalue weighted by atomic mass is 16.5. The fraction of sp³-hybridized carbons (Fsp3) is 0.409. The number of carbonyl (C=O) groups excluding carboxylic acids is 2. The summed E-state index contributed by atoms with van der Waals surface area (Å²) in [5, 5.41) is 5.70. The van der Waals surface area contributed by atoms with E-state index in [1.165, 1.54) is 0 Å². The van der Waals surface area contributed by atoms with E-state index >= 15 is 0 Å². The van der Waals surface area contributed by atoms with Crippen molar-refractivity contribution in [1.29, 1.82) is 0 Å². The van der Waals surface area contributed by atoms with Crippen LogP contribution in [0.1, 0.15) is 38.3 Å². The molecule has 0 saturated carbocycles. The summed E-state index contributed by atoms with van der Waals surface area (Å²) in [6, 6.07) is 13.2. The second-order valence-electron chi connectivity index (χ2n) is 7.49. The van der Waals surface area contributed by atoms with Crippen LogP contribution in [0.4, 0.5) is 4.79 Å². The SMILES string of the molecule is CC(C)CCNC(=O)[C@](C)(Cc1ccccc1)NC(=O)OCc1ccncc1. The molecule has 2 rings (SSSR count). The molecule has 0 radical (unpaired) electrons. The highest BCUT2D eigenvalue weighted by Gasteiger charge is 2.35. The van der Waals surface area contributed by atoms with Crippen LogP contribution >= 0.6 is 0 Å². The first-order chi connectivity index (χ1) is 13.4. The van der Waals surface area contributed by atoms with Crippen LogP contribution < -0.4 is 10.6 Å². The van der Waals surface area contributed by atoms with E-state index < -0.39 is 11.6 Å². The van der Waals surface area contributed by atoms with Gasteiger partial charge in [0.15, 0.2) is 0 Å². The number of nitrogens with one attached hydrogen (secondary N) is 2. The van der Waals surface area contributed by atoms with Crippen molar-refractivity contribution in [2.75, 3.05) is 6.54 Å². The average Bonchev–Trinajstić information content (AvgIpc) is 2.67. The molecule has 0 aliphatic heterocycles. The molecule has 0 saturated heterocycles. The third-order valence-electron chi connectivity index (χ3n) is 4.41. The lowest BCUT2D eigenvalue weighted by Crippen LogP contribution is -2.58. The Labute approximate surface area is 166 Å². The highest BCUT2D eigenvalue weighted by molar-refractivity contribution is 5.89. The lowest BCUT2D eigenvalue weighted by atomic mass is 9.91. The van der Waals surface area contributed by atoms with Crippen LogP contribution in [0.5, 0.6) is 0 Å². The largest absolute Gasteiger partial charge is 0.445 e. The third-order valence-corrected chi connectivity index (χ3v) is 4.41. The molecule has 6 nitrogen and oxygen atoms in total. The molecule has 1 aromatic heterocycles. The fourth-order valence-electron chi connectivity index (χ4n) is 2.74. The molecule has 0 unspecified atom stereocenters. The Bertz CT molecular complexity index is 750. The number of hydrogen-bond acceptors (Lipinski definition) is 4. The van der Waals surface area contributed by atoms with Crippen molar-refractivity contribution < 1.29 is 14.3 Å². The summed E-state index contributed by atoms with van der Waals surface area (Å²) >= 11 is 0. The monoisotopic (exact) mass is 383 g/mol. The minimum Gasteiger partial charge on any atom is -0.445 e. The summed E-state index contributed by atoms with van der Waals surface area (Å²) in [6.45, 7) is 6.60. The van der Waals surface area contributed by atoms with Gasteiger partial charge in [-0.15, -0.1) is 0 Å². The van der Waals surface area contributed by atoms with Crippen molar-refractivity contribution in [1.82, 2.24) is 15.6 Å². The molecule has 2 aromatic rings. The number of pyridine rings is 1. The van der Waals surface area contributed by atoms with Crippen molar-refractivity contribution in [3.63, 3.8) is 0 Å². The molecule has 1 atom stereocenters. The maximum atomic E-state index is 12.9. The van der Waals surface area contributed by atoms with E-state index in [-0.39, 0.29) is 12.5 Å². The number of hydrogen-bond donors (Lipinski definition) is 2. The summed E-state index contributed by atoms with van der Waals surface area (Å²) in [6.07, 6.45) is 3.89. The quantitative estimate of drug-likeness (QED) is 0.695. The van der Waals surface area contributed by atoms with E-state index in [0.29, 0.717) is 18.9 Å². The summed E-state index contributed by atoms with van der Waals surface area (Å²) in [7, 11) is 0. The first-order valence-corrected chi connectivity index (χ1v) is 9.55. The second-order valence-corrected chi connectivity index (χ2v) is 7.49. The van der Waals surface area contributed by atoms with Crippen LogP contribution in [0.25, 0.3) is 0 Å². The Morgan fingerprint density at radius 2 is 1.75 bits per heavy atom. The zero-order valence-corrected chi connectivity index (χ0v) is 16.8. The molecular formula is C22H29N3O3. The van der Waals surface area contributed by atoms with Crippen LogP contribution in [-0.2, 0) is 22.6 Å². The standard InChI is InChI=1S/C22H29N3O3/c1-17(2)9-14-24-20(26)22(3,15-18-7-5-4-6-8-18)25-21(27)28-16-19-10-12-23-13-11-19/h4-8,10-13,17H,9,14-16H2,1-3H3,(H,24,26)(H,25,27)/t22-/m0/s1. The highest BCUT2D eigenvalue weighted by Crippen LogP contribution is 2.15. The second kappa shape index (κ2) is 10.4. The predicted octanol–water partition coefficient (Wildman–Crippen LogP) is 3.47. The van der Waals surface area contributed by atoms with Gasteiger partial charge in [0, 0.05) is 25.4 Å². The summed E-state index contributed by atoms with van der Waals surface area (Å²) in [5.41, 5.74) is 0.669. The number of amides is 2. The molecule has 0 fully saturated rings. The van der Waals surface area contributed by atoms with E-state index in [1.54, 1.807) is 31.5 Å². The Morgan fingerprint density at radius 1 is 1.07 bits per heavy atom. The van der Waals surface area contributed by atoms with Crippen LogP contribution in [0.3, 0.4) is 0 Å². The first kappa shape index (κ1) is 21.4. The normalized spacial score (nSPS) is 12.9. The van der Waals surface area contributed by atoms with Gasteiger partial charge in [0.2, 0.25) is 5.91 Å². The van der Waals surface area contributed by atoms with Crippen molar-refractivity contribution in [2.45, 2.75) is 45.8 Å². The van der Waals surface area contributed by atoms with Crippen LogP contribution in [-0.4, -0.2) is 29.1 Å². The lowest BCUT2D eigenvalue weighted by molar-refractivity contribution is -0.126. The minimum absolute atomic E-state index is 0.116. The molecule has 2 N–H and O–H groups in total. The molecule has 0 aliphatic carbocycles. The molecular weight excluding hydrogens is 354 g/mol. The smallest absolute Gasteiger partial charge is 0.408 e. The number of aromatic nitrogens is 1. The van der Waals surface area contributed by atoms with E-state index in [1.807, 2.05) is 30.3 Å². The average molecular weight is 383 g/mol. The Balaban J connectivity index is 2.03. The number of alkyl carbamates (subject to hydrolysis) is 1. The number of nitrogens with zero attached hydrogens (tertiary/aromatic N) is 1. The molecule has 1 aromatic carbocycles. The van der Waals surface area contributed by atoms with Gasteiger partial charge in [0.05, 0.1) is 0 Å².